The third kappa shape index (κ3) is 2.00. The monoisotopic (exact) mass is 131 g/mol. The summed E-state index contributed by atoms with van der Waals surface area (Å²) < 4.78 is 12.1. The standard InChI is InChI=1S/C6H10FNO/c1-4(7)6(9)8-5-2-3-5/h4-5H,2-3H2,1H3,(H,8,9). The molecule has 2 nitrogen and oxygen atoms in total. The highest BCUT2D eigenvalue weighted by atomic mass is 19.1. The molecule has 3 heteroatoms. The average Bonchev–Trinajstić information content (AvgIpc) is 2.50. The maximum absolute atomic E-state index is 12.1. The van der Waals surface area contributed by atoms with Crippen molar-refractivity contribution in [2.45, 2.75) is 32.0 Å². The summed E-state index contributed by atoms with van der Waals surface area (Å²) in [5.74, 6) is -0.475. The van der Waals surface area contributed by atoms with E-state index in [0.717, 1.165) is 12.8 Å². The summed E-state index contributed by atoms with van der Waals surface area (Å²) in [4.78, 5) is 10.5. The van der Waals surface area contributed by atoms with E-state index in [1.54, 1.807) is 0 Å². The molecule has 9 heavy (non-hydrogen) atoms. The van der Waals surface area contributed by atoms with Gasteiger partial charge in [-0.3, -0.25) is 4.79 Å². The number of nitrogens with one attached hydrogen (secondary N) is 1. The van der Waals surface area contributed by atoms with E-state index in [1.807, 2.05) is 0 Å². The van der Waals surface area contributed by atoms with Gasteiger partial charge in [0, 0.05) is 6.04 Å². The molecular weight excluding hydrogens is 121 g/mol. The first kappa shape index (κ1) is 6.52. The minimum Gasteiger partial charge on any atom is -0.351 e. The van der Waals surface area contributed by atoms with Crippen LogP contribution in [0.5, 0.6) is 0 Å². The maximum Gasteiger partial charge on any atom is 0.254 e. The molecule has 0 saturated heterocycles. The highest BCUT2D eigenvalue weighted by molar-refractivity contribution is 5.80. The first-order valence-electron chi connectivity index (χ1n) is 3.14. The number of alkyl halides is 1. The van der Waals surface area contributed by atoms with Crippen LogP contribution < -0.4 is 5.32 Å². The van der Waals surface area contributed by atoms with E-state index in [9.17, 15) is 9.18 Å². The Kier molecular flexibility index (Phi) is 1.69. The molecule has 52 valence electrons. The van der Waals surface area contributed by atoms with Crippen LogP contribution in [0.2, 0.25) is 0 Å². The van der Waals surface area contributed by atoms with Gasteiger partial charge in [-0.05, 0) is 19.8 Å². The zero-order valence-electron chi connectivity index (χ0n) is 5.36. The fourth-order valence-corrected chi connectivity index (χ4v) is 0.544. The van der Waals surface area contributed by atoms with Crippen molar-refractivity contribution >= 4 is 5.91 Å². The molecule has 1 atom stereocenters. The molecule has 1 aliphatic rings. The summed E-state index contributed by atoms with van der Waals surface area (Å²) in [6.45, 7) is 1.25. The lowest BCUT2D eigenvalue weighted by molar-refractivity contribution is -0.125. The predicted molar refractivity (Wildman–Crippen MR) is 31.7 cm³/mol. The van der Waals surface area contributed by atoms with Gasteiger partial charge in [0.2, 0.25) is 0 Å². The molecule has 0 heterocycles. The lowest BCUT2D eigenvalue weighted by atomic mass is 10.4. The lowest BCUT2D eigenvalue weighted by Crippen LogP contribution is -2.31. The minimum absolute atomic E-state index is 0.274. The smallest absolute Gasteiger partial charge is 0.254 e. The van der Waals surface area contributed by atoms with Crippen LogP contribution in [0.4, 0.5) is 4.39 Å². The van der Waals surface area contributed by atoms with E-state index in [4.69, 9.17) is 0 Å². The van der Waals surface area contributed by atoms with Crippen LogP contribution in [0.1, 0.15) is 19.8 Å². The van der Waals surface area contributed by atoms with E-state index in [-0.39, 0.29) is 6.04 Å². The zero-order valence-corrected chi connectivity index (χ0v) is 5.36. The molecule has 0 bridgehead atoms. The first-order chi connectivity index (χ1) is 4.20. The number of carbonyl (C=O) groups is 1. The van der Waals surface area contributed by atoms with Crippen LogP contribution in [0.3, 0.4) is 0 Å². The number of carbonyl (C=O) groups excluding carboxylic acids is 1. The van der Waals surface area contributed by atoms with E-state index in [1.165, 1.54) is 6.92 Å². The van der Waals surface area contributed by atoms with E-state index in [0.29, 0.717) is 0 Å². The molecule has 0 aromatic heterocycles. The molecule has 1 aliphatic carbocycles. The maximum atomic E-state index is 12.1. The number of amides is 1. The predicted octanol–water partition coefficient (Wildman–Crippen LogP) is 0.623. The van der Waals surface area contributed by atoms with E-state index < -0.39 is 12.1 Å². The summed E-state index contributed by atoms with van der Waals surface area (Å²) in [5, 5.41) is 2.54. The minimum atomic E-state index is -1.36. The topological polar surface area (TPSA) is 29.1 Å². The number of hydrogen-bond acceptors (Lipinski definition) is 1. The SMILES string of the molecule is CC(F)C(=O)NC1CC1. The largest absolute Gasteiger partial charge is 0.351 e. The van der Waals surface area contributed by atoms with Crippen molar-refractivity contribution in [3.05, 3.63) is 0 Å². The Bertz CT molecular complexity index is 120. The van der Waals surface area contributed by atoms with Crippen LogP contribution in [-0.2, 0) is 4.79 Å². The van der Waals surface area contributed by atoms with Crippen molar-refractivity contribution in [2.24, 2.45) is 0 Å². The molecule has 0 aromatic rings. The van der Waals surface area contributed by atoms with Gasteiger partial charge in [-0.15, -0.1) is 0 Å². The third-order valence-electron chi connectivity index (χ3n) is 1.29. The van der Waals surface area contributed by atoms with Gasteiger partial charge in [-0.1, -0.05) is 0 Å². The summed E-state index contributed by atoms with van der Waals surface area (Å²) in [5.41, 5.74) is 0. The first-order valence-corrected chi connectivity index (χ1v) is 3.14. The number of hydrogen-bond donors (Lipinski definition) is 1. The van der Waals surface area contributed by atoms with Crippen molar-refractivity contribution in [1.29, 1.82) is 0 Å². The molecule has 0 aliphatic heterocycles. The molecule has 0 radical (unpaired) electrons. The van der Waals surface area contributed by atoms with Crippen LogP contribution in [0.25, 0.3) is 0 Å². The second kappa shape index (κ2) is 2.33. The Balaban J connectivity index is 2.17. The van der Waals surface area contributed by atoms with E-state index in [2.05, 4.69) is 5.32 Å². The van der Waals surface area contributed by atoms with Crippen LogP contribution in [0.15, 0.2) is 0 Å². The van der Waals surface area contributed by atoms with Crippen molar-refractivity contribution in [1.82, 2.24) is 5.32 Å². The third-order valence-corrected chi connectivity index (χ3v) is 1.29. The zero-order chi connectivity index (χ0) is 6.85. The summed E-state index contributed by atoms with van der Waals surface area (Å²) >= 11 is 0. The fraction of sp³-hybridized carbons (Fsp3) is 0.833. The molecule has 1 rings (SSSR count). The van der Waals surface area contributed by atoms with Gasteiger partial charge in [0.05, 0.1) is 0 Å². The molecule has 1 amide bonds. The molecule has 1 fully saturated rings. The van der Waals surface area contributed by atoms with E-state index >= 15 is 0 Å². The van der Waals surface area contributed by atoms with Crippen molar-refractivity contribution in [2.75, 3.05) is 0 Å². The Morgan fingerprint density at radius 2 is 2.33 bits per heavy atom. The van der Waals surface area contributed by atoms with Crippen LogP contribution in [0, 0.1) is 0 Å². The van der Waals surface area contributed by atoms with Gasteiger partial charge in [0.1, 0.15) is 0 Å². The Morgan fingerprint density at radius 1 is 1.78 bits per heavy atom. The highest BCUT2D eigenvalue weighted by Gasteiger charge is 2.25. The van der Waals surface area contributed by atoms with Crippen molar-refractivity contribution in [3.8, 4) is 0 Å². The second-order valence-electron chi connectivity index (χ2n) is 2.40. The quantitative estimate of drug-likeness (QED) is 0.585. The van der Waals surface area contributed by atoms with Crippen LogP contribution >= 0.6 is 0 Å². The van der Waals surface area contributed by atoms with Gasteiger partial charge in [0.15, 0.2) is 6.17 Å². The molecular formula is C6H10FNO. The summed E-state index contributed by atoms with van der Waals surface area (Å²) in [6.07, 6.45) is 0.669. The molecule has 1 N–H and O–H groups in total. The van der Waals surface area contributed by atoms with Gasteiger partial charge in [-0.2, -0.15) is 0 Å². The summed E-state index contributed by atoms with van der Waals surface area (Å²) in [7, 11) is 0. The van der Waals surface area contributed by atoms with Gasteiger partial charge in [-0.25, -0.2) is 4.39 Å². The lowest BCUT2D eigenvalue weighted by Gasteiger charge is -2.01. The van der Waals surface area contributed by atoms with Crippen molar-refractivity contribution < 1.29 is 9.18 Å². The molecule has 1 saturated carbocycles. The molecule has 0 aromatic carbocycles. The Hall–Kier alpha value is -0.600. The average molecular weight is 131 g/mol. The number of rotatable bonds is 2. The fourth-order valence-electron chi connectivity index (χ4n) is 0.544. The normalized spacial score (nSPS) is 21.1. The Labute approximate surface area is 53.4 Å². The van der Waals surface area contributed by atoms with Gasteiger partial charge in [0.25, 0.3) is 5.91 Å². The molecule has 0 spiro atoms. The van der Waals surface area contributed by atoms with Crippen LogP contribution in [-0.4, -0.2) is 18.1 Å². The number of halogens is 1. The highest BCUT2D eigenvalue weighted by Crippen LogP contribution is 2.18. The molecule has 1 unspecified atom stereocenters. The second-order valence-corrected chi connectivity index (χ2v) is 2.40. The van der Waals surface area contributed by atoms with Gasteiger partial charge < -0.3 is 5.32 Å². The van der Waals surface area contributed by atoms with Gasteiger partial charge >= 0.3 is 0 Å². The Morgan fingerprint density at radius 3 is 2.67 bits per heavy atom. The van der Waals surface area contributed by atoms with Crippen molar-refractivity contribution in [3.63, 3.8) is 0 Å². The summed E-state index contributed by atoms with van der Waals surface area (Å²) in [6, 6.07) is 0.274.